The molecule has 1 aliphatic rings. The van der Waals surface area contributed by atoms with Crippen LogP contribution in [0.1, 0.15) is 31.6 Å². The number of fused-ring (bicyclic) bond motifs is 1. The lowest BCUT2D eigenvalue weighted by Gasteiger charge is -2.28. The Labute approximate surface area is 118 Å². The molecule has 0 amide bonds. The van der Waals surface area contributed by atoms with E-state index in [9.17, 15) is 8.42 Å². The van der Waals surface area contributed by atoms with Crippen molar-refractivity contribution < 1.29 is 8.42 Å². The van der Waals surface area contributed by atoms with E-state index in [2.05, 4.69) is 22.2 Å². The minimum atomic E-state index is -3.18. The third kappa shape index (κ3) is 2.45. The van der Waals surface area contributed by atoms with E-state index in [0.29, 0.717) is 10.8 Å². The van der Waals surface area contributed by atoms with Crippen LogP contribution in [0.3, 0.4) is 0 Å². The molecule has 20 heavy (non-hydrogen) atoms. The molecule has 2 N–H and O–H groups in total. The van der Waals surface area contributed by atoms with Crippen molar-refractivity contribution in [3.63, 3.8) is 0 Å². The van der Waals surface area contributed by atoms with Crippen LogP contribution in [0.2, 0.25) is 0 Å². The van der Waals surface area contributed by atoms with Gasteiger partial charge < -0.3 is 10.3 Å². The Bertz CT molecular complexity index is 736. The fourth-order valence-corrected chi connectivity index (χ4v) is 3.45. The molecule has 6 heteroatoms. The predicted molar refractivity (Wildman–Crippen MR) is 78.3 cm³/mol. The van der Waals surface area contributed by atoms with E-state index in [1.54, 1.807) is 18.2 Å². The fraction of sp³-hybridized carbons (Fsp3) is 0.500. The van der Waals surface area contributed by atoms with Gasteiger partial charge in [-0.3, -0.25) is 0 Å². The lowest BCUT2D eigenvalue weighted by atomic mass is 9.92. The Hall–Kier alpha value is -1.40. The van der Waals surface area contributed by atoms with Gasteiger partial charge in [0.05, 0.1) is 22.0 Å². The highest BCUT2D eigenvalue weighted by molar-refractivity contribution is 7.90. The number of benzene rings is 1. The van der Waals surface area contributed by atoms with Gasteiger partial charge in [0.1, 0.15) is 5.82 Å². The average molecular weight is 293 g/mol. The SMILES string of the molecule is CC1CCCNC1c1nc2ccc(S(C)(=O)=O)cc2[nH]1. The summed E-state index contributed by atoms with van der Waals surface area (Å²) in [6.07, 6.45) is 3.59. The molecule has 1 aromatic carbocycles. The largest absolute Gasteiger partial charge is 0.341 e. The smallest absolute Gasteiger partial charge is 0.175 e. The molecule has 108 valence electrons. The maximum absolute atomic E-state index is 11.6. The molecule has 3 rings (SSSR count). The number of piperidine rings is 1. The summed E-state index contributed by atoms with van der Waals surface area (Å²) in [6, 6.07) is 5.26. The van der Waals surface area contributed by atoms with E-state index in [-0.39, 0.29) is 6.04 Å². The summed E-state index contributed by atoms with van der Waals surface area (Å²) < 4.78 is 23.2. The second-order valence-electron chi connectivity index (χ2n) is 5.62. The van der Waals surface area contributed by atoms with Gasteiger partial charge in [0.2, 0.25) is 0 Å². The van der Waals surface area contributed by atoms with E-state index in [4.69, 9.17) is 0 Å². The summed E-state index contributed by atoms with van der Waals surface area (Å²) in [7, 11) is -3.18. The summed E-state index contributed by atoms with van der Waals surface area (Å²) >= 11 is 0. The number of rotatable bonds is 2. The zero-order valence-corrected chi connectivity index (χ0v) is 12.5. The van der Waals surface area contributed by atoms with Crippen molar-refractivity contribution in [1.29, 1.82) is 0 Å². The summed E-state index contributed by atoms with van der Waals surface area (Å²) in [4.78, 5) is 8.19. The molecule has 2 unspecified atom stereocenters. The number of H-pyrrole nitrogens is 1. The van der Waals surface area contributed by atoms with E-state index in [1.807, 2.05) is 0 Å². The van der Waals surface area contributed by atoms with E-state index in [0.717, 1.165) is 23.4 Å². The quantitative estimate of drug-likeness (QED) is 0.888. The second kappa shape index (κ2) is 4.86. The van der Waals surface area contributed by atoms with Gasteiger partial charge in [-0.1, -0.05) is 6.92 Å². The van der Waals surface area contributed by atoms with E-state index in [1.165, 1.54) is 19.1 Å². The Morgan fingerprint density at radius 3 is 2.85 bits per heavy atom. The van der Waals surface area contributed by atoms with Crippen molar-refractivity contribution in [2.24, 2.45) is 5.92 Å². The molecule has 0 spiro atoms. The molecule has 1 aromatic heterocycles. The minimum absolute atomic E-state index is 0.220. The van der Waals surface area contributed by atoms with Crippen molar-refractivity contribution in [2.45, 2.75) is 30.7 Å². The number of nitrogens with one attached hydrogen (secondary N) is 2. The number of hydrogen-bond acceptors (Lipinski definition) is 4. The first-order valence-corrected chi connectivity index (χ1v) is 8.77. The normalized spacial score (nSPS) is 24.1. The first kappa shape index (κ1) is 13.6. The van der Waals surface area contributed by atoms with Gasteiger partial charge >= 0.3 is 0 Å². The molecule has 0 bridgehead atoms. The van der Waals surface area contributed by atoms with Crippen LogP contribution in [0.5, 0.6) is 0 Å². The van der Waals surface area contributed by atoms with Crippen molar-refractivity contribution in [3.8, 4) is 0 Å². The number of imidazole rings is 1. The van der Waals surface area contributed by atoms with Gasteiger partial charge in [-0.05, 0) is 43.5 Å². The molecular formula is C14H19N3O2S. The summed E-state index contributed by atoms with van der Waals surface area (Å²) in [6.45, 7) is 3.21. The Kier molecular flexibility index (Phi) is 3.30. The van der Waals surface area contributed by atoms with Crippen LogP contribution < -0.4 is 5.32 Å². The molecule has 1 saturated heterocycles. The molecule has 2 aromatic rings. The molecule has 0 aliphatic carbocycles. The zero-order chi connectivity index (χ0) is 14.3. The highest BCUT2D eigenvalue weighted by Gasteiger charge is 2.25. The van der Waals surface area contributed by atoms with Crippen LogP contribution in [0.25, 0.3) is 11.0 Å². The Balaban J connectivity index is 2.02. The number of nitrogens with zero attached hydrogens (tertiary/aromatic N) is 1. The molecule has 2 atom stereocenters. The molecular weight excluding hydrogens is 274 g/mol. The van der Waals surface area contributed by atoms with Gasteiger partial charge in [-0.2, -0.15) is 0 Å². The first-order chi connectivity index (χ1) is 9.45. The topological polar surface area (TPSA) is 74.8 Å². The first-order valence-electron chi connectivity index (χ1n) is 6.88. The molecule has 1 fully saturated rings. The number of aromatic amines is 1. The summed E-state index contributed by atoms with van der Waals surface area (Å²) in [5, 5.41) is 3.48. The van der Waals surface area contributed by atoms with Crippen molar-refractivity contribution in [1.82, 2.24) is 15.3 Å². The third-order valence-corrected chi connectivity index (χ3v) is 5.07. The third-order valence-electron chi connectivity index (χ3n) is 3.96. The lowest BCUT2D eigenvalue weighted by molar-refractivity contribution is 0.296. The molecule has 2 heterocycles. The van der Waals surface area contributed by atoms with Crippen LogP contribution in [0.15, 0.2) is 23.1 Å². The average Bonchev–Trinajstić information content (AvgIpc) is 2.80. The van der Waals surface area contributed by atoms with Crippen LogP contribution in [0.4, 0.5) is 0 Å². The van der Waals surface area contributed by atoms with Crippen molar-refractivity contribution in [2.75, 3.05) is 12.8 Å². The van der Waals surface area contributed by atoms with Gasteiger partial charge in [-0.25, -0.2) is 13.4 Å². The summed E-state index contributed by atoms with van der Waals surface area (Å²) in [5.41, 5.74) is 1.59. The zero-order valence-electron chi connectivity index (χ0n) is 11.7. The van der Waals surface area contributed by atoms with Crippen molar-refractivity contribution >= 4 is 20.9 Å². The Morgan fingerprint density at radius 2 is 2.15 bits per heavy atom. The van der Waals surface area contributed by atoms with E-state index < -0.39 is 9.84 Å². The van der Waals surface area contributed by atoms with Crippen molar-refractivity contribution in [3.05, 3.63) is 24.0 Å². The van der Waals surface area contributed by atoms with Crippen LogP contribution in [-0.2, 0) is 9.84 Å². The maximum atomic E-state index is 11.6. The van der Waals surface area contributed by atoms with Gasteiger partial charge in [0, 0.05) is 6.26 Å². The monoisotopic (exact) mass is 293 g/mol. The number of sulfone groups is 1. The van der Waals surface area contributed by atoms with Gasteiger partial charge in [0.15, 0.2) is 9.84 Å². The molecule has 0 saturated carbocycles. The molecule has 0 radical (unpaired) electrons. The lowest BCUT2D eigenvalue weighted by Crippen LogP contribution is -2.33. The maximum Gasteiger partial charge on any atom is 0.175 e. The van der Waals surface area contributed by atoms with Crippen LogP contribution in [-0.4, -0.2) is 31.2 Å². The summed E-state index contributed by atoms with van der Waals surface area (Å²) in [5.74, 6) is 1.43. The highest BCUT2D eigenvalue weighted by Crippen LogP contribution is 2.28. The van der Waals surface area contributed by atoms with Crippen LogP contribution >= 0.6 is 0 Å². The van der Waals surface area contributed by atoms with Gasteiger partial charge in [0.25, 0.3) is 0 Å². The van der Waals surface area contributed by atoms with E-state index >= 15 is 0 Å². The number of aromatic nitrogens is 2. The highest BCUT2D eigenvalue weighted by atomic mass is 32.2. The predicted octanol–water partition coefficient (Wildman–Crippen LogP) is 2.03. The number of hydrogen-bond donors (Lipinski definition) is 2. The second-order valence-corrected chi connectivity index (χ2v) is 7.64. The molecule has 1 aliphatic heterocycles. The Morgan fingerprint density at radius 1 is 1.35 bits per heavy atom. The van der Waals surface area contributed by atoms with Crippen LogP contribution in [0, 0.1) is 5.92 Å². The molecule has 5 nitrogen and oxygen atoms in total. The van der Waals surface area contributed by atoms with Gasteiger partial charge in [-0.15, -0.1) is 0 Å². The minimum Gasteiger partial charge on any atom is -0.341 e. The standard InChI is InChI=1S/C14H19N3O2S/c1-9-4-3-7-15-13(9)14-16-11-6-5-10(20(2,18)19)8-12(11)17-14/h5-6,8-9,13,15H,3-4,7H2,1-2H3,(H,16,17). The fourth-order valence-electron chi connectivity index (χ4n) is 2.80.